The Bertz CT molecular complexity index is 315. The summed E-state index contributed by atoms with van der Waals surface area (Å²) < 4.78 is 5.29. The molecule has 1 N–H and O–H groups in total. The van der Waals surface area contributed by atoms with Gasteiger partial charge in [0.25, 0.3) is 0 Å². The van der Waals surface area contributed by atoms with Crippen molar-refractivity contribution in [1.82, 2.24) is 4.98 Å². The molecule has 13 heavy (non-hydrogen) atoms. The molecule has 0 saturated heterocycles. The molecule has 1 aromatic rings. The van der Waals surface area contributed by atoms with Crippen molar-refractivity contribution in [3.05, 3.63) is 17.3 Å². The van der Waals surface area contributed by atoms with E-state index >= 15 is 0 Å². The zero-order chi connectivity index (χ0) is 10.0. The Labute approximate surface area is 76.6 Å². The van der Waals surface area contributed by atoms with Crippen LogP contribution in [0.4, 0.5) is 0 Å². The quantitative estimate of drug-likeness (QED) is 0.779. The second-order valence-electron chi connectivity index (χ2n) is 3.13. The van der Waals surface area contributed by atoms with E-state index in [4.69, 9.17) is 9.52 Å². The van der Waals surface area contributed by atoms with Gasteiger partial charge in [-0.1, -0.05) is 20.8 Å². The van der Waals surface area contributed by atoms with Gasteiger partial charge in [-0.25, -0.2) is 9.78 Å². The summed E-state index contributed by atoms with van der Waals surface area (Å²) in [6, 6.07) is 0. The molecular formula is C9H13NO3. The number of hydrogen-bond acceptors (Lipinski definition) is 3. The highest BCUT2D eigenvalue weighted by Crippen LogP contribution is 2.20. The van der Waals surface area contributed by atoms with E-state index in [2.05, 4.69) is 4.98 Å². The van der Waals surface area contributed by atoms with Gasteiger partial charge in [0.2, 0.25) is 0 Å². The van der Waals surface area contributed by atoms with Crippen LogP contribution in [0.15, 0.2) is 4.42 Å². The van der Waals surface area contributed by atoms with E-state index in [1.54, 1.807) is 0 Å². The maximum absolute atomic E-state index is 10.7. The number of oxazole rings is 1. The van der Waals surface area contributed by atoms with E-state index in [9.17, 15) is 4.79 Å². The number of nitrogens with zero attached hydrogens (tertiary/aromatic N) is 1. The van der Waals surface area contributed by atoms with Gasteiger partial charge < -0.3 is 9.52 Å². The summed E-state index contributed by atoms with van der Waals surface area (Å²) in [6.07, 6.45) is 0.618. The third kappa shape index (κ3) is 1.88. The molecule has 1 rings (SSSR count). The molecular weight excluding hydrogens is 170 g/mol. The predicted octanol–water partition coefficient (Wildman–Crippen LogP) is 2.06. The van der Waals surface area contributed by atoms with Crippen LogP contribution in [0.25, 0.3) is 0 Å². The van der Waals surface area contributed by atoms with Crippen molar-refractivity contribution < 1.29 is 14.3 Å². The molecule has 0 radical (unpaired) electrons. The first-order valence-corrected chi connectivity index (χ1v) is 4.29. The minimum Gasteiger partial charge on any atom is -0.476 e. The molecule has 0 aliphatic heterocycles. The van der Waals surface area contributed by atoms with Crippen molar-refractivity contribution in [2.45, 2.75) is 33.1 Å². The van der Waals surface area contributed by atoms with Gasteiger partial charge >= 0.3 is 5.97 Å². The van der Waals surface area contributed by atoms with Crippen LogP contribution in [0.3, 0.4) is 0 Å². The van der Waals surface area contributed by atoms with Gasteiger partial charge in [-0.05, 0) is 0 Å². The van der Waals surface area contributed by atoms with E-state index in [1.165, 1.54) is 0 Å². The van der Waals surface area contributed by atoms with Gasteiger partial charge in [-0.2, -0.15) is 0 Å². The first kappa shape index (κ1) is 9.77. The van der Waals surface area contributed by atoms with Crippen molar-refractivity contribution in [1.29, 1.82) is 0 Å². The third-order valence-corrected chi connectivity index (χ3v) is 1.73. The van der Waals surface area contributed by atoms with Crippen LogP contribution in [0.5, 0.6) is 0 Å². The summed E-state index contributed by atoms with van der Waals surface area (Å²) in [5.41, 5.74) is 0.0480. The third-order valence-electron chi connectivity index (χ3n) is 1.73. The highest BCUT2D eigenvalue weighted by Gasteiger charge is 2.20. The average Bonchev–Trinajstić information content (AvgIpc) is 2.47. The van der Waals surface area contributed by atoms with Crippen molar-refractivity contribution >= 4 is 5.97 Å². The number of rotatable bonds is 3. The Morgan fingerprint density at radius 3 is 2.54 bits per heavy atom. The largest absolute Gasteiger partial charge is 0.476 e. The highest BCUT2D eigenvalue weighted by atomic mass is 16.4. The van der Waals surface area contributed by atoms with Crippen molar-refractivity contribution in [3.8, 4) is 0 Å². The number of hydrogen-bond donors (Lipinski definition) is 1. The molecule has 0 aliphatic carbocycles. The molecule has 4 nitrogen and oxygen atoms in total. The summed E-state index contributed by atoms with van der Waals surface area (Å²) >= 11 is 0. The molecule has 0 spiro atoms. The van der Waals surface area contributed by atoms with Gasteiger partial charge in [0.15, 0.2) is 11.6 Å². The number of carboxylic acid groups (broad SMARTS) is 1. The lowest BCUT2D eigenvalue weighted by Crippen LogP contribution is -2.02. The minimum atomic E-state index is -1.02. The van der Waals surface area contributed by atoms with E-state index < -0.39 is 5.97 Å². The number of aromatic carboxylic acids is 1. The smallest absolute Gasteiger partial charge is 0.358 e. The maximum atomic E-state index is 10.7. The van der Waals surface area contributed by atoms with Gasteiger partial charge in [-0.15, -0.1) is 0 Å². The molecule has 4 heteroatoms. The van der Waals surface area contributed by atoms with Crippen molar-refractivity contribution in [2.75, 3.05) is 0 Å². The van der Waals surface area contributed by atoms with Crippen molar-refractivity contribution in [3.63, 3.8) is 0 Å². The number of aryl methyl sites for hydroxylation is 1. The van der Waals surface area contributed by atoms with Crippen molar-refractivity contribution in [2.24, 2.45) is 0 Å². The first-order chi connectivity index (χ1) is 6.06. The first-order valence-electron chi connectivity index (χ1n) is 4.29. The summed E-state index contributed by atoms with van der Waals surface area (Å²) in [4.78, 5) is 14.6. The highest BCUT2D eigenvalue weighted by molar-refractivity contribution is 5.86. The molecule has 0 aliphatic rings. The second kappa shape index (κ2) is 3.60. The molecule has 0 unspecified atom stereocenters. The lowest BCUT2D eigenvalue weighted by Gasteiger charge is -1.98. The molecule has 0 atom stereocenters. The fourth-order valence-corrected chi connectivity index (χ4v) is 1.07. The molecule has 1 aromatic heterocycles. The van der Waals surface area contributed by atoms with Gasteiger partial charge in [0, 0.05) is 12.3 Å². The summed E-state index contributed by atoms with van der Waals surface area (Å²) in [5.74, 6) is -0.0171. The van der Waals surface area contributed by atoms with E-state index in [-0.39, 0.29) is 11.6 Å². The minimum absolute atomic E-state index is 0.0480. The Morgan fingerprint density at radius 2 is 2.23 bits per heavy atom. The Balaban J connectivity index is 3.15. The predicted molar refractivity (Wildman–Crippen MR) is 46.9 cm³/mol. The van der Waals surface area contributed by atoms with Crippen LogP contribution in [0.1, 0.15) is 48.8 Å². The average molecular weight is 183 g/mol. The molecule has 0 saturated carbocycles. The topological polar surface area (TPSA) is 63.3 Å². The normalized spacial score (nSPS) is 10.8. The molecule has 0 amide bonds. The maximum Gasteiger partial charge on any atom is 0.358 e. The Morgan fingerprint density at radius 1 is 1.62 bits per heavy atom. The fraction of sp³-hybridized carbons (Fsp3) is 0.556. The lowest BCUT2D eigenvalue weighted by atomic mass is 10.1. The van der Waals surface area contributed by atoms with Crippen LogP contribution in [0.2, 0.25) is 0 Å². The number of carbonyl (C=O) groups is 1. The Hall–Kier alpha value is -1.32. The van der Waals surface area contributed by atoms with Crippen LogP contribution in [0, 0.1) is 0 Å². The van der Waals surface area contributed by atoms with Crippen LogP contribution in [-0.2, 0) is 6.42 Å². The SMILES string of the molecule is CCc1nc(C(=O)O)c(C(C)C)o1. The molecule has 1 heterocycles. The van der Waals surface area contributed by atoms with Crippen LogP contribution >= 0.6 is 0 Å². The van der Waals surface area contributed by atoms with Crippen LogP contribution in [-0.4, -0.2) is 16.1 Å². The molecule has 0 fully saturated rings. The zero-order valence-corrected chi connectivity index (χ0v) is 8.00. The monoisotopic (exact) mass is 183 g/mol. The number of aromatic nitrogens is 1. The zero-order valence-electron chi connectivity index (χ0n) is 8.00. The van der Waals surface area contributed by atoms with E-state index in [1.807, 2.05) is 20.8 Å². The summed E-state index contributed by atoms with van der Waals surface area (Å²) in [5, 5.41) is 8.80. The number of carboxylic acids is 1. The molecule has 0 bridgehead atoms. The van der Waals surface area contributed by atoms with Gasteiger partial charge in [0.05, 0.1) is 0 Å². The lowest BCUT2D eigenvalue weighted by molar-refractivity contribution is 0.0688. The van der Waals surface area contributed by atoms with E-state index in [0.717, 1.165) is 0 Å². The standard InChI is InChI=1S/C9H13NO3/c1-4-6-10-7(9(11)12)8(13-6)5(2)3/h5H,4H2,1-3H3,(H,11,12). The fourth-order valence-electron chi connectivity index (χ4n) is 1.07. The van der Waals surface area contributed by atoms with Gasteiger partial charge in [0.1, 0.15) is 5.76 Å². The second-order valence-corrected chi connectivity index (χ2v) is 3.13. The Kier molecular flexibility index (Phi) is 2.70. The van der Waals surface area contributed by atoms with E-state index in [0.29, 0.717) is 18.1 Å². The summed E-state index contributed by atoms with van der Waals surface area (Å²) in [6.45, 7) is 5.64. The molecule has 72 valence electrons. The van der Waals surface area contributed by atoms with Gasteiger partial charge in [-0.3, -0.25) is 0 Å². The van der Waals surface area contributed by atoms with Crippen LogP contribution < -0.4 is 0 Å². The molecule has 0 aromatic carbocycles. The summed E-state index contributed by atoms with van der Waals surface area (Å²) in [7, 11) is 0.